The Balaban J connectivity index is 3.17. The summed E-state index contributed by atoms with van der Waals surface area (Å²) in [6, 6.07) is 0. The zero-order valence-corrected chi connectivity index (χ0v) is 8.16. The van der Waals surface area contributed by atoms with Crippen molar-refractivity contribution >= 4 is 0 Å². The van der Waals surface area contributed by atoms with Gasteiger partial charge in [0, 0.05) is 12.0 Å². The molecule has 82 valence electrons. The van der Waals surface area contributed by atoms with Crippen LogP contribution in [0.5, 0.6) is 0 Å². The van der Waals surface area contributed by atoms with E-state index in [2.05, 4.69) is 0 Å². The number of allylic oxidation sites excluding steroid dienone is 8. The molecule has 0 bridgehead atoms. The smallest absolute Gasteiger partial charge is 0.165 e. The number of rotatable bonds is 2. The Morgan fingerprint density at radius 1 is 1.20 bits per heavy atom. The lowest BCUT2D eigenvalue weighted by Gasteiger charge is -2.02. The average molecular weight is 218 g/mol. The van der Waals surface area contributed by atoms with Crippen LogP contribution in [0.4, 0.5) is 17.6 Å². The van der Waals surface area contributed by atoms with E-state index in [-0.39, 0.29) is 6.42 Å². The van der Waals surface area contributed by atoms with E-state index in [1.807, 2.05) is 0 Å². The number of hydrogen-bond acceptors (Lipinski definition) is 0. The first-order valence-corrected chi connectivity index (χ1v) is 4.48. The van der Waals surface area contributed by atoms with Crippen LogP contribution in [0.25, 0.3) is 0 Å². The van der Waals surface area contributed by atoms with Crippen molar-refractivity contribution < 1.29 is 17.6 Å². The Labute approximate surface area is 85.3 Å². The molecule has 0 atom stereocenters. The van der Waals surface area contributed by atoms with Crippen molar-refractivity contribution in [2.45, 2.75) is 19.8 Å². The fraction of sp³-hybridized carbons (Fsp3) is 0.273. The predicted octanol–water partition coefficient (Wildman–Crippen LogP) is 4.58. The molecule has 0 aromatic heterocycles. The van der Waals surface area contributed by atoms with E-state index in [0.717, 1.165) is 0 Å². The summed E-state index contributed by atoms with van der Waals surface area (Å²) in [6.45, 7) is 1.65. The second-order valence-electron chi connectivity index (χ2n) is 3.04. The van der Waals surface area contributed by atoms with Gasteiger partial charge in [-0.1, -0.05) is 12.2 Å². The minimum atomic E-state index is -1.32. The molecule has 0 spiro atoms. The first-order valence-electron chi connectivity index (χ1n) is 4.48. The standard InChI is InChI=1S/C11H10F4/c1-2-3-4-7-10(14)8(12)5-6-9(13)11(7)15/h2-3,5H,4,6H2,1H3/b3-2+. The summed E-state index contributed by atoms with van der Waals surface area (Å²) in [6.07, 6.45) is 2.96. The largest absolute Gasteiger partial charge is 0.208 e. The van der Waals surface area contributed by atoms with Crippen molar-refractivity contribution in [3.8, 4) is 0 Å². The minimum absolute atomic E-state index is 0.164. The molecule has 0 aromatic rings. The third-order valence-electron chi connectivity index (χ3n) is 2.00. The second-order valence-corrected chi connectivity index (χ2v) is 3.04. The average Bonchev–Trinajstić information content (AvgIpc) is 2.31. The maximum absolute atomic E-state index is 13.2. The molecule has 1 aliphatic rings. The van der Waals surface area contributed by atoms with Gasteiger partial charge in [-0.15, -0.1) is 0 Å². The molecular formula is C11H10F4. The van der Waals surface area contributed by atoms with Gasteiger partial charge in [-0.3, -0.25) is 0 Å². The van der Waals surface area contributed by atoms with Gasteiger partial charge in [0.05, 0.1) is 0 Å². The van der Waals surface area contributed by atoms with E-state index in [1.54, 1.807) is 13.0 Å². The normalized spacial score (nSPS) is 18.6. The van der Waals surface area contributed by atoms with Crippen molar-refractivity contribution in [2.75, 3.05) is 0 Å². The molecule has 0 unspecified atom stereocenters. The van der Waals surface area contributed by atoms with E-state index in [4.69, 9.17) is 0 Å². The lowest BCUT2D eigenvalue weighted by atomic mass is 10.1. The third kappa shape index (κ3) is 2.58. The van der Waals surface area contributed by atoms with Crippen LogP contribution >= 0.6 is 0 Å². The highest BCUT2D eigenvalue weighted by atomic mass is 19.2. The van der Waals surface area contributed by atoms with Crippen molar-refractivity contribution in [3.05, 3.63) is 47.1 Å². The quantitative estimate of drug-likeness (QED) is 0.470. The fourth-order valence-electron chi connectivity index (χ4n) is 1.18. The van der Waals surface area contributed by atoms with Gasteiger partial charge in [-0.2, -0.15) is 0 Å². The molecule has 0 N–H and O–H groups in total. The van der Waals surface area contributed by atoms with E-state index in [0.29, 0.717) is 6.08 Å². The molecule has 0 amide bonds. The summed E-state index contributed by atoms with van der Waals surface area (Å²) >= 11 is 0. The maximum atomic E-state index is 13.2. The highest BCUT2D eigenvalue weighted by Crippen LogP contribution is 2.33. The number of hydrogen-bond donors (Lipinski definition) is 0. The van der Waals surface area contributed by atoms with Gasteiger partial charge in [-0.25, -0.2) is 17.6 Å². The molecule has 0 saturated heterocycles. The van der Waals surface area contributed by atoms with E-state index < -0.39 is 35.3 Å². The molecule has 0 radical (unpaired) electrons. The van der Waals surface area contributed by atoms with Crippen LogP contribution in [0.1, 0.15) is 19.8 Å². The lowest BCUT2D eigenvalue weighted by Crippen LogP contribution is -1.89. The molecule has 15 heavy (non-hydrogen) atoms. The molecule has 0 aliphatic heterocycles. The van der Waals surface area contributed by atoms with Crippen molar-refractivity contribution in [1.82, 2.24) is 0 Å². The Hall–Kier alpha value is -1.32. The van der Waals surface area contributed by atoms with Gasteiger partial charge in [0.1, 0.15) is 5.83 Å². The summed E-state index contributed by atoms with van der Waals surface area (Å²) in [5.41, 5.74) is -0.572. The molecule has 0 saturated carbocycles. The number of halogens is 4. The van der Waals surface area contributed by atoms with Gasteiger partial charge in [0.2, 0.25) is 0 Å². The molecular weight excluding hydrogens is 208 g/mol. The topological polar surface area (TPSA) is 0 Å². The van der Waals surface area contributed by atoms with Gasteiger partial charge >= 0.3 is 0 Å². The van der Waals surface area contributed by atoms with Crippen LogP contribution in [0.2, 0.25) is 0 Å². The van der Waals surface area contributed by atoms with Gasteiger partial charge in [-0.05, 0) is 19.4 Å². The summed E-state index contributed by atoms with van der Waals surface area (Å²) in [5, 5.41) is 0. The van der Waals surface area contributed by atoms with E-state index >= 15 is 0 Å². The maximum Gasteiger partial charge on any atom is 0.165 e. The zero-order valence-electron chi connectivity index (χ0n) is 8.16. The van der Waals surface area contributed by atoms with Gasteiger partial charge in [0.25, 0.3) is 0 Å². The molecule has 0 fully saturated rings. The fourth-order valence-corrected chi connectivity index (χ4v) is 1.18. The Morgan fingerprint density at radius 2 is 1.87 bits per heavy atom. The lowest BCUT2D eigenvalue weighted by molar-refractivity contribution is 0.516. The molecule has 1 rings (SSSR count). The van der Waals surface area contributed by atoms with Crippen LogP contribution in [-0.2, 0) is 0 Å². The Bertz CT molecular complexity index is 372. The van der Waals surface area contributed by atoms with E-state index in [1.165, 1.54) is 6.08 Å². The molecule has 4 heteroatoms. The van der Waals surface area contributed by atoms with Crippen LogP contribution in [0, 0.1) is 0 Å². The molecule has 0 heterocycles. The first kappa shape index (κ1) is 11.8. The summed E-state index contributed by atoms with van der Waals surface area (Å²) < 4.78 is 52.3. The molecule has 0 aromatic carbocycles. The summed E-state index contributed by atoms with van der Waals surface area (Å²) in [5.74, 6) is -4.97. The molecule has 0 nitrogen and oxygen atoms in total. The Morgan fingerprint density at radius 3 is 2.47 bits per heavy atom. The third-order valence-corrected chi connectivity index (χ3v) is 2.00. The van der Waals surface area contributed by atoms with Crippen molar-refractivity contribution in [1.29, 1.82) is 0 Å². The highest BCUT2D eigenvalue weighted by Gasteiger charge is 2.21. The van der Waals surface area contributed by atoms with Gasteiger partial charge < -0.3 is 0 Å². The summed E-state index contributed by atoms with van der Waals surface area (Å²) in [7, 11) is 0. The van der Waals surface area contributed by atoms with Crippen molar-refractivity contribution in [3.63, 3.8) is 0 Å². The van der Waals surface area contributed by atoms with E-state index in [9.17, 15) is 17.6 Å². The van der Waals surface area contributed by atoms with Crippen LogP contribution < -0.4 is 0 Å². The van der Waals surface area contributed by atoms with Crippen LogP contribution in [0.15, 0.2) is 47.1 Å². The van der Waals surface area contributed by atoms with Gasteiger partial charge in [0.15, 0.2) is 17.5 Å². The summed E-state index contributed by atoms with van der Waals surface area (Å²) in [4.78, 5) is 0. The van der Waals surface area contributed by atoms with Crippen molar-refractivity contribution in [2.24, 2.45) is 0 Å². The second kappa shape index (κ2) is 4.96. The minimum Gasteiger partial charge on any atom is -0.208 e. The SMILES string of the molecule is C/C=C/CC1=C(F)C(F)=CCC(F)=C1F. The molecule has 1 aliphatic carbocycles. The Kier molecular flexibility index (Phi) is 3.88. The van der Waals surface area contributed by atoms with Crippen LogP contribution in [0.3, 0.4) is 0 Å². The zero-order chi connectivity index (χ0) is 11.4. The monoisotopic (exact) mass is 218 g/mol. The first-order chi connectivity index (χ1) is 7.07. The van der Waals surface area contributed by atoms with Crippen LogP contribution in [-0.4, -0.2) is 0 Å². The highest BCUT2D eigenvalue weighted by molar-refractivity contribution is 5.41. The predicted molar refractivity (Wildman–Crippen MR) is 50.6 cm³/mol.